The van der Waals surface area contributed by atoms with Crippen molar-refractivity contribution in [3.8, 4) is 5.75 Å². The van der Waals surface area contributed by atoms with Crippen molar-refractivity contribution in [1.82, 2.24) is 9.55 Å². The lowest BCUT2D eigenvalue weighted by Gasteiger charge is -2.17. The summed E-state index contributed by atoms with van der Waals surface area (Å²) in [6, 6.07) is 24.4. The molecule has 1 aliphatic rings. The van der Waals surface area contributed by atoms with Crippen LogP contribution in [0.15, 0.2) is 72.8 Å². The van der Waals surface area contributed by atoms with E-state index in [0.717, 1.165) is 52.4 Å². The number of carbonyl (C=O) groups is 1. The van der Waals surface area contributed by atoms with E-state index in [4.69, 9.17) is 9.72 Å². The number of imidazole rings is 1. The Bertz CT molecular complexity index is 1260. The van der Waals surface area contributed by atoms with Crippen LogP contribution in [0.5, 0.6) is 5.75 Å². The van der Waals surface area contributed by atoms with Crippen molar-refractivity contribution in [3.05, 3.63) is 89.7 Å². The molecule has 0 radical (unpaired) electrons. The van der Waals surface area contributed by atoms with Crippen molar-refractivity contribution in [3.63, 3.8) is 0 Å². The van der Waals surface area contributed by atoms with E-state index in [1.165, 1.54) is 0 Å². The quantitative estimate of drug-likeness (QED) is 0.350. The largest absolute Gasteiger partial charge is 0.493 e. The van der Waals surface area contributed by atoms with Crippen molar-refractivity contribution >= 4 is 22.6 Å². The van der Waals surface area contributed by atoms with Gasteiger partial charge in [-0.3, -0.25) is 4.79 Å². The second-order valence-corrected chi connectivity index (χ2v) is 8.77. The second-order valence-electron chi connectivity index (χ2n) is 8.77. The molecule has 1 saturated heterocycles. The van der Waals surface area contributed by atoms with Crippen molar-refractivity contribution in [1.29, 1.82) is 0 Å². The average molecular weight is 440 g/mol. The number of aromatic nitrogens is 2. The molecule has 0 N–H and O–H groups in total. The molecule has 5 nitrogen and oxygen atoms in total. The van der Waals surface area contributed by atoms with E-state index in [2.05, 4.69) is 42.7 Å². The first kappa shape index (κ1) is 21.3. The van der Waals surface area contributed by atoms with E-state index in [9.17, 15) is 4.79 Å². The molecule has 1 unspecified atom stereocenters. The third-order valence-corrected chi connectivity index (χ3v) is 6.42. The van der Waals surface area contributed by atoms with Gasteiger partial charge in [0.1, 0.15) is 11.6 Å². The Balaban J connectivity index is 1.35. The number of aryl methyl sites for hydroxylation is 3. The van der Waals surface area contributed by atoms with Gasteiger partial charge in [0.2, 0.25) is 5.91 Å². The fourth-order valence-corrected chi connectivity index (χ4v) is 4.80. The van der Waals surface area contributed by atoms with Gasteiger partial charge in [-0.15, -0.1) is 0 Å². The normalized spacial score (nSPS) is 16.0. The number of hydrogen-bond acceptors (Lipinski definition) is 3. The summed E-state index contributed by atoms with van der Waals surface area (Å²) in [5.74, 6) is 2.20. The van der Waals surface area contributed by atoms with Crippen LogP contribution >= 0.6 is 0 Å². The van der Waals surface area contributed by atoms with Crippen molar-refractivity contribution in [2.75, 3.05) is 18.1 Å². The van der Waals surface area contributed by atoms with Crippen molar-refractivity contribution in [2.45, 2.75) is 39.2 Å². The number of rotatable bonds is 7. The summed E-state index contributed by atoms with van der Waals surface area (Å²) in [4.78, 5) is 19.7. The predicted octanol–water partition coefficient (Wildman–Crippen LogP) is 5.64. The van der Waals surface area contributed by atoms with Gasteiger partial charge < -0.3 is 14.2 Å². The number of amides is 1. The molecule has 1 atom stereocenters. The minimum Gasteiger partial charge on any atom is -0.493 e. The summed E-state index contributed by atoms with van der Waals surface area (Å²) in [7, 11) is 0. The average Bonchev–Trinajstić information content (AvgIpc) is 3.39. The molecule has 1 aromatic heterocycles. The summed E-state index contributed by atoms with van der Waals surface area (Å²) in [6.45, 7) is 6.26. The third-order valence-electron chi connectivity index (χ3n) is 6.42. The maximum atomic E-state index is 12.8. The van der Waals surface area contributed by atoms with Crippen LogP contribution in [-0.4, -0.2) is 28.6 Å². The summed E-state index contributed by atoms with van der Waals surface area (Å²) in [5.41, 5.74) is 5.37. The molecule has 4 aromatic rings. The summed E-state index contributed by atoms with van der Waals surface area (Å²) in [5, 5.41) is 0. The van der Waals surface area contributed by atoms with Gasteiger partial charge in [0.25, 0.3) is 0 Å². The van der Waals surface area contributed by atoms with Gasteiger partial charge in [0.05, 0.1) is 17.6 Å². The molecule has 33 heavy (non-hydrogen) atoms. The van der Waals surface area contributed by atoms with Crippen LogP contribution in [0.4, 0.5) is 5.69 Å². The maximum Gasteiger partial charge on any atom is 0.227 e. The second kappa shape index (κ2) is 9.10. The molecule has 0 aliphatic carbocycles. The maximum absolute atomic E-state index is 12.8. The number of carbonyl (C=O) groups excluding carboxylic acids is 1. The zero-order valence-electron chi connectivity index (χ0n) is 19.2. The predicted molar refractivity (Wildman–Crippen MR) is 132 cm³/mol. The Morgan fingerprint density at radius 1 is 0.939 bits per heavy atom. The lowest BCUT2D eigenvalue weighted by molar-refractivity contribution is -0.117. The highest BCUT2D eigenvalue weighted by Crippen LogP contribution is 2.33. The molecule has 5 heteroatoms. The van der Waals surface area contributed by atoms with Gasteiger partial charge in [0, 0.05) is 31.1 Å². The zero-order chi connectivity index (χ0) is 22.8. The van der Waals surface area contributed by atoms with Crippen LogP contribution in [-0.2, 0) is 11.3 Å². The van der Waals surface area contributed by atoms with E-state index in [-0.39, 0.29) is 11.8 Å². The molecule has 168 valence electrons. The third kappa shape index (κ3) is 4.23. The van der Waals surface area contributed by atoms with Crippen LogP contribution in [0.25, 0.3) is 11.0 Å². The van der Waals surface area contributed by atoms with Gasteiger partial charge in [-0.25, -0.2) is 4.98 Å². The lowest BCUT2D eigenvalue weighted by atomic mass is 10.1. The van der Waals surface area contributed by atoms with Gasteiger partial charge in [-0.05, 0) is 55.7 Å². The first-order valence-electron chi connectivity index (χ1n) is 11.6. The van der Waals surface area contributed by atoms with E-state index in [0.29, 0.717) is 19.6 Å². The first-order chi connectivity index (χ1) is 16.1. The van der Waals surface area contributed by atoms with Crippen LogP contribution in [0.1, 0.15) is 35.7 Å². The molecule has 1 amide bonds. The minimum atomic E-state index is 0.0737. The molecular formula is C28H29N3O2. The highest BCUT2D eigenvalue weighted by molar-refractivity contribution is 5.96. The molecular weight excluding hydrogens is 410 g/mol. The fraction of sp³-hybridized carbons (Fsp3) is 0.286. The van der Waals surface area contributed by atoms with Gasteiger partial charge in [-0.2, -0.15) is 0 Å². The van der Waals surface area contributed by atoms with Gasteiger partial charge >= 0.3 is 0 Å². The standard InChI is InChI=1S/C28H29N3O2/c1-20-10-8-11-21(2)27(20)33-17-9-16-30-25-15-7-6-14-24(25)29-28(30)22-18-26(32)31(19-22)23-12-4-3-5-13-23/h3-8,10-15,22H,9,16-19H2,1-2H3. The summed E-state index contributed by atoms with van der Waals surface area (Å²) < 4.78 is 8.43. The number of hydrogen-bond donors (Lipinski definition) is 0. The van der Waals surface area contributed by atoms with Crippen LogP contribution in [0, 0.1) is 13.8 Å². The number of benzene rings is 3. The number of fused-ring (bicyclic) bond motifs is 1. The number of ether oxygens (including phenoxy) is 1. The van der Waals surface area contributed by atoms with Crippen molar-refractivity contribution < 1.29 is 9.53 Å². The number of anilines is 1. The smallest absolute Gasteiger partial charge is 0.227 e. The molecule has 5 rings (SSSR count). The Morgan fingerprint density at radius 2 is 1.67 bits per heavy atom. The Kier molecular flexibility index (Phi) is 5.86. The van der Waals surface area contributed by atoms with Crippen molar-refractivity contribution in [2.24, 2.45) is 0 Å². The summed E-state index contributed by atoms with van der Waals surface area (Å²) >= 11 is 0. The monoisotopic (exact) mass is 439 g/mol. The molecule has 0 spiro atoms. The van der Waals surface area contributed by atoms with E-state index in [1.54, 1.807) is 0 Å². The van der Waals surface area contributed by atoms with E-state index < -0.39 is 0 Å². The Morgan fingerprint density at radius 3 is 2.45 bits per heavy atom. The molecule has 0 saturated carbocycles. The molecule has 3 aromatic carbocycles. The minimum absolute atomic E-state index is 0.0737. The van der Waals surface area contributed by atoms with E-state index in [1.807, 2.05) is 53.4 Å². The fourth-order valence-electron chi connectivity index (χ4n) is 4.80. The Labute approximate surface area is 194 Å². The SMILES string of the molecule is Cc1cccc(C)c1OCCCn1c(C2CC(=O)N(c3ccccc3)C2)nc2ccccc21. The Hall–Kier alpha value is -3.60. The number of nitrogens with zero attached hydrogens (tertiary/aromatic N) is 3. The highest BCUT2D eigenvalue weighted by Gasteiger charge is 2.34. The van der Waals surface area contributed by atoms with Gasteiger partial charge in [0.15, 0.2) is 0 Å². The molecule has 1 fully saturated rings. The topological polar surface area (TPSA) is 47.4 Å². The molecule has 1 aliphatic heterocycles. The zero-order valence-corrected chi connectivity index (χ0v) is 19.2. The van der Waals surface area contributed by atoms with E-state index >= 15 is 0 Å². The molecule has 0 bridgehead atoms. The molecule has 2 heterocycles. The van der Waals surface area contributed by atoms with Crippen LogP contribution in [0.2, 0.25) is 0 Å². The van der Waals surface area contributed by atoms with Crippen LogP contribution < -0.4 is 9.64 Å². The summed E-state index contributed by atoms with van der Waals surface area (Å²) in [6.07, 6.45) is 1.35. The lowest BCUT2D eigenvalue weighted by Crippen LogP contribution is -2.24. The van der Waals surface area contributed by atoms with Crippen LogP contribution in [0.3, 0.4) is 0 Å². The number of para-hydroxylation sites is 4. The first-order valence-corrected chi connectivity index (χ1v) is 11.6. The highest BCUT2D eigenvalue weighted by atomic mass is 16.5. The van der Waals surface area contributed by atoms with Gasteiger partial charge in [-0.1, -0.05) is 48.5 Å².